The standard InChI is InChI=1S/C14H22N2OS/c1-12-6-3-4-8-16(12)11-14(17)15(2)10-13-7-5-9-18-13/h5,7,9,12H,3-4,6,8,10-11H2,1-2H3. The second-order valence-electron chi connectivity index (χ2n) is 5.14. The van der Waals surface area contributed by atoms with E-state index in [1.165, 1.54) is 24.1 Å². The van der Waals surface area contributed by atoms with Crippen LogP contribution >= 0.6 is 11.3 Å². The van der Waals surface area contributed by atoms with E-state index in [0.717, 1.165) is 13.1 Å². The molecular weight excluding hydrogens is 244 g/mol. The predicted octanol–water partition coefficient (Wildman–Crippen LogP) is 2.58. The number of piperidine rings is 1. The second kappa shape index (κ2) is 6.34. The van der Waals surface area contributed by atoms with Gasteiger partial charge in [0.15, 0.2) is 0 Å². The van der Waals surface area contributed by atoms with Gasteiger partial charge in [-0.15, -0.1) is 11.3 Å². The van der Waals surface area contributed by atoms with E-state index in [9.17, 15) is 4.79 Å². The second-order valence-corrected chi connectivity index (χ2v) is 6.18. The molecule has 1 amide bonds. The molecule has 1 aliphatic rings. The van der Waals surface area contributed by atoms with Crippen molar-refractivity contribution >= 4 is 17.2 Å². The predicted molar refractivity (Wildman–Crippen MR) is 75.7 cm³/mol. The fourth-order valence-electron chi connectivity index (χ4n) is 2.41. The molecule has 2 heterocycles. The molecule has 100 valence electrons. The highest BCUT2D eigenvalue weighted by atomic mass is 32.1. The van der Waals surface area contributed by atoms with Crippen molar-refractivity contribution in [1.82, 2.24) is 9.80 Å². The third kappa shape index (κ3) is 3.56. The lowest BCUT2D eigenvalue weighted by atomic mass is 10.0. The topological polar surface area (TPSA) is 23.6 Å². The van der Waals surface area contributed by atoms with Crippen molar-refractivity contribution in [2.24, 2.45) is 0 Å². The zero-order valence-corrected chi connectivity index (χ0v) is 12.1. The Balaban J connectivity index is 1.83. The average molecular weight is 266 g/mol. The van der Waals surface area contributed by atoms with E-state index in [2.05, 4.69) is 23.3 Å². The Labute approximate surface area is 113 Å². The SMILES string of the molecule is CC1CCCCN1CC(=O)N(C)Cc1cccs1. The third-order valence-electron chi connectivity index (χ3n) is 3.68. The number of thiophene rings is 1. The molecule has 1 aromatic rings. The van der Waals surface area contributed by atoms with Gasteiger partial charge in [-0.25, -0.2) is 0 Å². The summed E-state index contributed by atoms with van der Waals surface area (Å²) in [5, 5.41) is 2.06. The summed E-state index contributed by atoms with van der Waals surface area (Å²) in [4.78, 5) is 17.6. The Bertz CT molecular complexity index is 377. The molecule has 18 heavy (non-hydrogen) atoms. The minimum atomic E-state index is 0.233. The molecule has 0 radical (unpaired) electrons. The van der Waals surface area contributed by atoms with Crippen LogP contribution in [-0.2, 0) is 11.3 Å². The van der Waals surface area contributed by atoms with Gasteiger partial charge in [-0.1, -0.05) is 12.5 Å². The maximum absolute atomic E-state index is 12.2. The maximum Gasteiger partial charge on any atom is 0.236 e. The lowest BCUT2D eigenvalue weighted by molar-refractivity contribution is -0.132. The molecular formula is C14H22N2OS. The Morgan fingerprint density at radius 3 is 3.06 bits per heavy atom. The highest BCUT2D eigenvalue weighted by Crippen LogP contribution is 2.16. The normalized spacial score (nSPS) is 20.9. The van der Waals surface area contributed by atoms with Crippen LogP contribution < -0.4 is 0 Å². The van der Waals surface area contributed by atoms with Crippen LogP contribution in [0.1, 0.15) is 31.1 Å². The van der Waals surface area contributed by atoms with Gasteiger partial charge in [0, 0.05) is 18.0 Å². The van der Waals surface area contributed by atoms with Crippen molar-refractivity contribution in [3.8, 4) is 0 Å². The molecule has 1 atom stereocenters. The lowest BCUT2D eigenvalue weighted by Gasteiger charge is -2.33. The summed E-state index contributed by atoms with van der Waals surface area (Å²) in [6.45, 7) is 4.60. The van der Waals surface area contributed by atoms with Gasteiger partial charge < -0.3 is 4.90 Å². The van der Waals surface area contributed by atoms with Crippen molar-refractivity contribution in [2.75, 3.05) is 20.1 Å². The first-order valence-electron chi connectivity index (χ1n) is 6.67. The van der Waals surface area contributed by atoms with E-state index in [-0.39, 0.29) is 5.91 Å². The summed E-state index contributed by atoms with van der Waals surface area (Å²) in [7, 11) is 1.90. The van der Waals surface area contributed by atoms with Crippen LogP contribution in [0.15, 0.2) is 17.5 Å². The monoisotopic (exact) mass is 266 g/mol. The smallest absolute Gasteiger partial charge is 0.236 e. The largest absolute Gasteiger partial charge is 0.340 e. The minimum Gasteiger partial charge on any atom is -0.340 e. The first kappa shape index (κ1) is 13.6. The number of hydrogen-bond acceptors (Lipinski definition) is 3. The molecule has 0 N–H and O–H groups in total. The average Bonchev–Trinajstić information content (AvgIpc) is 2.84. The number of likely N-dealkylation sites (tertiary alicyclic amines) is 1. The number of carbonyl (C=O) groups excluding carboxylic acids is 1. The Hall–Kier alpha value is -0.870. The Morgan fingerprint density at radius 2 is 2.39 bits per heavy atom. The molecule has 0 saturated carbocycles. The van der Waals surface area contributed by atoms with Crippen LogP contribution in [-0.4, -0.2) is 41.9 Å². The van der Waals surface area contributed by atoms with Gasteiger partial charge in [0.05, 0.1) is 13.1 Å². The molecule has 1 saturated heterocycles. The molecule has 1 fully saturated rings. The van der Waals surface area contributed by atoms with Gasteiger partial charge in [0.2, 0.25) is 5.91 Å². The van der Waals surface area contributed by atoms with Crippen molar-refractivity contribution in [1.29, 1.82) is 0 Å². The van der Waals surface area contributed by atoms with E-state index in [0.29, 0.717) is 12.6 Å². The molecule has 1 aromatic heterocycles. The molecule has 1 aliphatic heterocycles. The summed E-state index contributed by atoms with van der Waals surface area (Å²) >= 11 is 1.71. The summed E-state index contributed by atoms with van der Waals surface area (Å²) in [5.41, 5.74) is 0. The van der Waals surface area contributed by atoms with E-state index in [1.54, 1.807) is 11.3 Å². The van der Waals surface area contributed by atoms with E-state index < -0.39 is 0 Å². The summed E-state index contributed by atoms with van der Waals surface area (Å²) in [6, 6.07) is 4.67. The maximum atomic E-state index is 12.2. The summed E-state index contributed by atoms with van der Waals surface area (Å²) < 4.78 is 0. The first-order valence-corrected chi connectivity index (χ1v) is 7.55. The molecule has 3 nitrogen and oxygen atoms in total. The lowest BCUT2D eigenvalue weighted by Crippen LogP contribution is -2.44. The van der Waals surface area contributed by atoms with Crippen LogP contribution in [0.25, 0.3) is 0 Å². The highest BCUT2D eigenvalue weighted by molar-refractivity contribution is 7.09. The third-order valence-corrected chi connectivity index (χ3v) is 4.54. The first-order chi connectivity index (χ1) is 8.66. The van der Waals surface area contributed by atoms with Gasteiger partial charge in [-0.2, -0.15) is 0 Å². The van der Waals surface area contributed by atoms with Gasteiger partial charge in [-0.3, -0.25) is 9.69 Å². The molecule has 0 spiro atoms. The van der Waals surface area contributed by atoms with Crippen LogP contribution in [0.3, 0.4) is 0 Å². The Kier molecular flexibility index (Phi) is 4.78. The van der Waals surface area contributed by atoms with Crippen LogP contribution in [0, 0.1) is 0 Å². The highest BCUT2D eigenvalue weighted by Gasteiger charge is 2.22. The fraction of sp³-hybridized carbons (Fsp3) is 0.643. The molecule has 0 aliphatic carbocycles. The van der Waals surface area contributed by atoms with Gasteiger partial charge >= 0.3 is 0 Å². The van der Waals surface area contributed by atoms with Crippen molar-refractivity contribution in [3.05, 3.63) is 22.4 Å². The number of amides is 1. The quantitative estimate of drug-likeness (QED) is 0.836. The zero-order valence-electron chi connectivity index (χ0n) is 11.3. The van der Waals surface area contributed by atoms with Gasteiger partial charge in [0.1, 0.15) is 0 Å². The van der Waals surface area contributed by atoms with Gasteiger partial charge in [0.25, 0.3) is 0 Å². The van der Waals surface area contributed by atoms with E-state index in [1.807, 2.05) is 18.0 Å². The minimum absolute atomic E-state index is 0.233. The number of rotatable bonds is 4. The van der Waals surface area contributed by atoms with Crippen LogP contribution in [0.2, 0.25) is 0 Å². The van der Waals surface area contributed by atoms with E-state index >= 15 is 0 Å². The number of carbonyl (C=O) groups is 1. The van der Waals surface area contributed by atoms with Crippen molar-refractivity contribution in [3.63, 3.8) is 0 Å². The van der Waals surface area contributed by atoms with Crippen LogP contribution in [0.5, 0.6) is 0 Å². The molecule has 2 rings (SSSR count). The molecule has 0 aromatic carbocycles. The van der Waals surface area contributed by atoms with Crippen LogP contribution in [0.4, 0.5) is 0 Å². The molecule has 4 heteroatoms. The molecule has 1 unspecified atom stereocenters. The number of hydrogen-bond donors (Lipinski definition) is 0. The van der Waals surface area contributed by atoms with E-state index in [4.69, 9.17) is 0 Å². The number of likely N-dealkylation sites (N-methyl/N-ethyl adjacent to an activating group) is 1. The van der Waals surface area contributed by atoms with Crippen molar-refractivity contribution in [2.45, 2.75) is 38.8 Å². The summed E-state index contributed by atoms with van der Waals surface area (Å²) in [5.74, 6) is 0.233. The zero-order chi connectivity index (χ0) is 13.0. The Morgan fingerprint density at radius 1 is 1.56 bits per heavy atom. The fourth-order valence-corrected chi connectivity index (χ4v) is 3.17. The van der Waals surface area contributed by atoms with Gasteiger partial charge in [-0.05, 0) is 37.8 Å². The summed E-state index contributed by atoms with van der Waals surface area (Å²) in [6.07, 6.45) is 3.76. The molecule has 0 bridgehead atoms. The number of nitrogens with zero attached hydrogens (tertiary/aromatic N) is 2. The van der Waals surface area contributed by atoms with Crippen molar-refractivity contribution < 1.29 is 4.79 Å².